The molecule has 1 aliphatic heterocycles. The summed E-state index contributed by atoms with van der Waals surface area (Å²) in [6.45, 7) is 3.80. The van der Waals surface area contributed by atoms with Gasteiger partial charge in [0.05, 0.1) is 18.4 Å². The molecule has 8 nitrogen and oxygen atoms in total. The van der Waals surface area contributed by atoms with Crippen LogP contribution in [0.25, 0.3) is 0 Å². The number of esters is 1. The van der Waals surface area contributed by atoms with E-state index in [0.717, 1.165) is 5.41 Å². The normalized spacial score (nSPS) is 25.5. The second-order valence-electron chi connectivity index (χ2n) is 6.40. The van der Waals surface area contributed by atoms with Crippen LogP contribution >= 0.6 is 0 Å². The van der Waals surface area contributed by atoms with E-state index in [4.69, 9.17) is 0 Å². The Hall–Kier alpha value is -1.75. The molecule has 0 spiro atoms. The molecular formula is C16H20N2O6S2. The van der Waals surface area contributed by atoms with Crippen LogP contribution in [0, 0.1) is 11.8 Å². The van der Waals surface area contributed by atoms with Gasteiger partial charge in [-0.3, -0.25) is 4.79 Å². The van der Waals surface area contributed by atoms with Crippen LogP contribution in [-0.4, -0.2) is 53.4 Å². The van der Waals surface area contributed by atoms with Crippen molar-refractivity contribution in [1.29, 1.82) is 0 Å². The second kappa shape index (κ2) is 6.76. The maximum atomic E-state index is 12.7. The fourth-order valence-electron chi connectivity index (χ4n) is 3.26. The minimum atomic E-state index is -3.64. The van der Waals surface area contributed by atoms with Gasteiger partial charge < -0.3 is 4.74 Å². The topological polar surface area (TPSA) is 110 Å². The third-order valence-electron chi connectivity index (χ3n) is 4.82. The molecule has 1 saturated carbocycles. The number of hydrogen-bond acceptors (Lipinski definition) is 6. The fraction of sp³-hybridized carbons (Fsp3) is 0.438. The number of benzene rings is 1. The lowest BCUT2D eigenvalue weighted by molar-refractivity contribution is -0.139. The van der Waals surface area contributed by atoms with Crippen LogP contribution in [0.4, 0.5) is 0 Å². The van der Waals surface area contributed by atoms with Crippen LogP contribution in [-0.2, 0) is 36.0 Å². The van der Waals surface area contributed by atoms with Gasteiger partial charge in [0.1, 0.15) is 0 Å². The monoisotopic (exact) mass is 400 g/mol. The standard InChI is InChI=1S/C16H20N2O6S2/c1-3-25(20,21)17-16-13-9-18(10-14(13)16)26(22,23)12-6-4-11(5-7-12)8-15(19)24-2/h3-7,13-14,16-17H,1,8-10H2,2H3. The Morgan fingerprint density at radius 3 is 2.31 bits per heavy atom. The quantitative estimate of drug-likeness (QED) is 0.650. The molecule has 0 amide bonds. The van der Waals surface area contributed by atoms with E-state index in [-0.39, 0.29) is 42.3 Å². The van der Waals surface area contributed by atoms with Gasteiger partial charge in [-0.1, -0.05) is 18.7 Å². The molecule has 10 heteroatoms. The van der Waals surface area contributed by atoms with Gasteiger partial charge >= 0.3 is 5.97 Å². The molecule has 2 aliphatic rings. The summed E-state index contributed by atoms with van der Waals surface area (Å²) in [6.07, 6.45) is 0.0792. The van der Waals surface area contributed by atoms with Crippen LogP contribution in [0.1, 0.15) is 5.56 Å². The molecule has 26 heavy (non-hydrogen) atoms. The SMILES string of the molecule is C=CS(=O)(=O)NC1C2CN(S(=O)(=O)c3ccc(CC(=O)OC)cc3)CC21. The zero-order chi connectivity index (χ0) is 19.1. The van der Waals surface area contributed by atoms with E-state index in [9.17, 15) is 21.6 Å². The van der Waals surface area contributed by atoms with Crippen molar-refractivity contribution in [1.82, 2.24) is 9.03 Å². The molecule has 1 saturated heterocycles. The molecule has 2 fully saturated rings. The lowest BCUT2D eigenvalue weighted by atomic mass is 10.2. The van der Waals surface area contributed by atoms with E-state index in [1.165, 1.54) is 23.5 Å². The minimum absolute atomic E-state index is 0.0157. The highest BCUT2D eigenvalue weighted by Gasteiger charge is 2.59. The van der Waals surface area contributed by atoms with Crippen LogP contribution in [0.2, 0.25) is 0 Å². The fourth-order valence-corrected chi connectivity index (χ4v) is 5.60. The number of carbonyl (C=O) groups excluding carboxylic acids is 1. The van der Waals surface area contributed by atoms with Crippen molar-refractivity contribution in [3.63, 3.8) is 0 Å². The molecule has 3 rings (SSSR count). The maximum Gasteiger partial charge on any atom is 0.309 e. The highest BCUT2D eigenvalue weighted by Crippen LogP contribution is 2.47. The van der Waals surface area contributed by atoms with Gasteiger partial charge in [0, 0.05) is 24.5 Å². The summed E-state index contributed by atoms with van der Waals surface area (Å²) in [5.41, 5.74) is 0.666. The van der Waals surface area contributed by atoms with E-state index < -0.39 is 26.0 Å². The van der Waals surface area contributed by atoms with Crippen LogP contribution in [0.3, 0.4) is 0 Å². The summed E-state index contributed by atoms with van der Waals surface area (Å²) in [7, 11) is -5.86. The van der Waals surface area contributed by atoms with E-state index in [2.05, 4.69) is 16.0 Å². The zero-order valence-corrected chi connectivity index (χ0v) is 15.8. The van der Waals surface area contributed by atoms with Gasteiger partial charge in [-0.05, 0) is 29.5 Å². The molecule has 0 aromatic heterocycles. The molecule has 2 atom stereocenters. The second-order valence-corrected chi connectivity index (χ2v) is 10.00. The largest absolute Gasteiger partial charge is 0.469 e. The van der Waals surface area contributed by atoms with E-state index in [1.54, 1.807) is 12.1 Å². The summed E-state index contributed by atoms with van der Waals surface area (Å²) in [6, 6.07) is 5.88. The highest BCUT2D eigenvalue weighted by molar-refractivity contribution is 7.92. The van der Waals surface area contributed by atoms with Gasteiger partial charge in [-0.2, -0.15) is 4.31 Å². The number of methoxy groups -OCH3 is 1. The summed E-state index contributed by atoms with van der Waals surface area (Å²) in [5, 5.41) is 0.853. The van der Waals surface area contributed by atoms with Gasteiger partial charge in [-0.15, -0.1) is 0 Å². The predicted molar refractivity (Wildman–Crippen MR) is 93.9 cm³/mol. The number of sulfonamides is 2. The number of piperidine rings is 1. The molecule has 1 aromatic carbocycles. The Kier molecular flexibility index (Phi) is 4.95. The van der Waals surface area contributed by atoms with Crippen molar-refractivity contribution in [2.75, 3.05) is 20.2 Å². The zero-order valence-electron chi connectivity index (χ0n) is 14.2. The Labute approximate surface area is 152 Å². The molecule has 1 N–H and O–H groups in total. The summed E-state index contributed by atoms with van der Waals surface area (Å²) >= 11 is 0. The first kappa shape index (κ1) is 19.0. The molecule has 142 valence electrons. The summed E-state index contributed by atoms with van der Waals surface area (Å²) < 4.78 is 56.9. The van der Waals surface area contributed by atoms with Crippen molar-refractivity contribution in [2.45, 2.75) is 17.4 Å². The Balaban J connectivity index is 1.64. The number of hydrogen-bond donors (Lipinski definition) is 1. The Morgan fingerprint density at radius 2 is 1.81 bits per heavy atom. The number of nitrogens with zero attached hydrogens (tertiary/aromatic N) is 1. The van der Waals surface area contributed by atoms with E-state index >= 15 is 0 Å². The predicted octanol–water partition coefficient (Wildman–Crippen LogP) is 0.0839. The number of ether oxygens (including phenoxy) is 1. The van der Waals surface area contributed by atoms with Crippen molar-refractivity contribution < 1.29 is 26.4 Å². The summed E-state index contributed by atoms with van der Waals surface area (Å²) in [4.78, 5) is 11.4. The smallest absolute Gasteiger partial charge is 0.309 e. The number of rotatable bonds is 7. The summed E-state index contributed by atoms with van der Waals surface area (Å²) in [5.74, 6) is -0.426. The molecule has 1 aromatic rings. The Morgan fingerprint density at radius 1 is 1.23 bits per heavy atom. The first-order chi connectivity index (χ1) is 12.2. The van der Waals surface area contributed by atoms with Crippen molar-refractivity contribution >= 4 is 26.0 Å². The lowest BCUT2D eigenvalue weighted by Gasteiger charge is -2.20. The molecule has 2 unspecified atom stereocenters. The van der Waals surface area contributed by atoms with Crippen LogP contribution in [0.15, 0.2) is 41.1 Å². The van der Waals surface area contributed by atoms with Crippen molar-refractivity contribution in [3.8, 4) is 0 Å². The number of nitrogens with one attached hydrogen (secondary N) is 1. The van der Waals surface area contributed by atoms with E-state index in [1.807, 2.05) is 0 Å². The van der Waals surface area contributed by atoms with Gasteiger partial charge in [0.2, 0.25) is 20.0 Å². The van der Waals surface area contributed by atoms with Gasteiger partial charge in [0.15, 0.2) is 0 Å². The number of fused-ring (bicyclic) bond motifs is 1. The van der Waals surface area contributed by atoms with E-state index in [0.29, 0.717) is 5.56 Å². The third kappa shape index (κ3) is 3.68. The third-order valence-corrected chi connectivity index (χ3v) is 7.70. The molecular weight excluding hydrogens is 380 g/mol. The molecule has 1 heterocycles. The highest BCUT2D eigenvalue weighted by atomic mass is 32.2. The first-order valence-electron chi connectivity index (χ1n) is 7.98. The van der Waals surface area contributed by atoms with Gasteiger partial charge in [-0.25, -0.2) is 21.6 Å². The molecule has 1 aliphatic carbocycles. The molecule has 0 radical (unpaired) electrons. The first-order valence-corrected chi connectivity index (χ1v) is 11.0. The average Bonchev–Trinajstić information content (AvgIpc) is 3.04. The lowest BCUT2D eigenvalue weighted by Crippen LogP contribution is -2.36. The minimum Gasteiger partial charge on any atom is -0.469 e. The Bertz CT molecular complexity index is 912. The van der Waals surface area contributed by atoms with Crippen LogP contribution in [0.5, 0.6) is 0 Å². The number of carbonyl (C=O) groups is 1. The van der Waals surface area contributed by atoms with Crippen molar-refractivity contribution in [3.05, 3.63) is 41.8 Å². The molecule has 0 bridgehead atoms. The van der Waals surface area contributed by atoms with Gasteiger partial charge in [0.25, 0.3) is 0 Å². The maximum absolute atomic E-state index is 12.7. The van der Waals surface area contributed by atoms with Crippen molar-refractivity contribution in [2.24, 2.45) is 11.8 Å². The average molecular weight is 400 g/mol. The van der Waals surface area contributed by atoms with Crippen LogP contribution < -0.4 is 4.72 Å².